The number of thiophene rings is 1. The lowest BCUT2D eigenvalue weighted by Crippen LogP contribution is -2.25. The summed E-state index contributed by atoms with van der Waals surface area (Å²) in [4.78, 5) is 1.33. The van der Waals surface area contributed by atoms with Gasteiger partial charge in [-0.2, -0.15) is 0 Å². The summed E-state index contributed by atoms with van der Waals surface area (Å²) in [5, 5.41) is 4.70. The van der Waals surface area contributed by atoms with Crippen LogP contribution in [0.4, 0.5) is 0 Å². The van der Waals surface area contributed by atoms with Gasteiger partial charge in [0.15, 0.2) is 0 Å². The molecule has 0 amide bonds. The molecule has 3 heteroatoms. The van der Waals surface area contributed by atoms with Crippen LogP contribution in [0.1, 0.15) is 10.4 Å². The molecule has 3 aromatic rings. The monoisotopic (exact) mass is 345 g/mol. The van der Waals surface area contributed by atoms with E-state index in [9.17, 15) is 0 Å². The molecule has 2 aromatic carbocycles. The summed E-state index contributed by atoms with van der Waals surface area (Å²) in [6.45, 7) is 0. The first kappa shape index (κ1) is 13.8. The highest BCUT2D eigenvalue weighted by Crippen LogP contribution is 2.25. The van der Waals surface area contributed by atoms with Gasteiger partial charge in [0.25, 0.3) is 0 Å². The number of halogens is 1. The quantitative estimate of drug-likeness (QED) is 0.723. The molecule has 0 aliphatic heterocycles. The summed E-state index contributed by atoms with van der Waals surface area (Å²) in [7, 11) is 0. The first-order valence-electron chi connectivity index (χ1n) is 6.68. The molecule has 102 valence electrons. The summed E-state index contributed by atoms with van der Waals surface area (Å²) < 4.78 is 1.18. The van der Waals surface area contributed by atoms with Gasteiger partial charge in [-0.25, -0.2) is 0 Å². The fraction of sp³-hybridized carbons (Fsp3) is 0.176. The average molecular weight is 346 g/mol. The van der Waals surface area contributed by atoms with Crippen LogP contribution in [0.3, 0.4) is 0 Å². The molecular weight excluding hydrogens is 330 g/mol. The predicted molar refractivity (Wildman–Crippen MR) is 91.4 cm³/mol. The number of benzene rings is 2. The maximum atomic E-state index is 6.34. The molecule has 1 heterocycles. The third-order valence-electron chi connectivity index (χ3n) is 3.50. The highest BCUT2D eigenvalue weighted by Gasteiger charge is 2.10. The maximum absolute atomic E-state index is 6.34. The van der Waals surface area contributed by atoms with Gasteiger partial charge < -0.3 is 5.73 Å². The Hall–Kier alpha value is -1.16. The predicted octanol–water partition coefficient (Wildman–Crippen LogP) is 4.78. The Morgan fingerprint density at radius 3 is 2.60 bits per heavy atom. The van der Waals surface area contributed by atoms with Gasteiger partial charge in [0, 0.05) is 15.4 Å². The molecule has 0 aliphatic carbocycles. The summed E-state index contributed by atoms with van der Waals surface area (Å²) in [6.07, 6.45) is 1.83. The lowest BCUT2D eigenvalue weighted by molar-refractivity contribution is 0.672. The molecule has 2 N–H and O–H groups in total. The van der Waals surface area contributed by atoms with E-state index in [4.69, 9.17) is 5.73 Å². The molecular formula is C17H16BrNS. The van der Waals surface area contributed by atoms with E-state index in [0.29, 0.717) is 0 Å². The minimum atomic E-state index is 0.149. The van der Waals surface area contributed by atoms with Crippen LogP contribution >= 0.6 is 27.3 Å². The molecule has 20 heavy (non-hydrogen) atoms. The van der Waals surface area contributed by atoms with Gasteiger partial charge in [-0.15, -0.1) is 11.3 Å². The third kappa shape index (κ3) is 2.95. The number of hydrogen-bond donors (Lipinski definition) is 1. The number of rotatable bonds is 4. The standard InChI is InChI=1S/C17H16BrNS/c18-16-8-9-20-17(16)11-14(19)10-13-6-3-5-12-4-1-2-7-15(12)13/h1-9,14H,10-11,19H2. The zero-order valence-electron chi connectivity index (χ0n) is 11.1. The van der Waals surface area contributed by atoms with Crippen LogP contribution in [-0.4, -0.2) is 6.04 Å². The molecule has 0 bridgehead atoms. The fourth-order valence-electron chi connectivity index (χ4n) is 2.53. The SMILES string of the molecule is NC(Cc1sccc1Br)Cc1cccc2ccccc12. The van der Waals surface area contributed by atoms with Crippen molar-refractivity contribution in [1.82, 2.24) is 0 Å². The first-order chi connectivity index (χ1) is 9.74. The van der Waals surface area contributed by atoms with Crippen molar-refractivity contribution in [3.63, 3.8) is 0 Å². The average Bonchev–Trinajstić information content (AvgIpc) is 2.85. The molecule has 0 saturated heterocycles. The molecule has 1 atom stereocenters. The van der Waals surface area contributed by atoms with Crippen LogP contribution in [0, 0.1) is 0 Å². The van der Waals surface area contributed by atoms with E-state index in [2.05, 4.69) is 69.8 Å². The Morgan fingerprint density at radius 1 is 1.00 bits per heavy atom. The van der Waals surface area contributed by atoms with Crippen molar-refractivity contribution < 1.29 is 0 Å². The van der Waals surface area contributed by atoms with E-state index in [1.54, 1.807) is 11.3 Å². The molecule has 1 nitrogen and oxygen atoms in total. The number of fused-ring (bicyclic) bond motifs is 1. The largest absolute Gasteiger partial charge is 0.327 e. The highest BCUT2D eigenvalue weighted by atomic mass is 79.9. The lowest BCUT2D eigenvalue weighted by Gasteiger charge is -2.13. The van der Waals surface area contributed by atoms with Gasteiger partial charge in [-0.3, -0.25) is 0 Å². The van der Waals surface area contributed by atoms with E-state index >= 15 is 0 Å². The topological polar surface area (TPSA) is 26.0 Å². The Labute approximate surface area is 131 Å². The van der Waals surface area contributed by atoms with Gasteiger partial charge in [-0.1, -0.05) is 42.5 Å². The summed E-state index contributed by atoms with van der Waals surface area (Å²) in [5.41, 5.74) is 7.68. The van der Waals surface area contributed by atoms with E-state index in [0.717, 1.165) is 12.8 Å². The van der Waals surface area contributed by atoms with Crippen LogP contribution < -0.4 is 5.73 Å². The zero-order chi connectivity index (χ0) is 13.9. The summed E-state index contributed by atoms with van der Waals surface area (Å²) in [5.74, 6) is 0. The van der Waals surface area contributed by atoms with E-state index in [1.165, 1.54) is 25.7 Å². The van der Waals surface area contributed by atoms with Gasteiger partial charge in [0.2, 0.25) is 0 Å². The van der Waals surface area contributed by atoms with Gasteiger partial charge in [-0.05, 0) is 56.6 Å². The van der Waals surface area contributed by atoms with Crippen LogP contribution in [0.5, 0.6) is 0 Å². The van der Waals surface area contributed by atoms with Crippen molar-refractivity contribution in [1.29, 1.82) is 0 Å². The molecule has 3 rings (SSSR count). The van der Waals surface area contributed by atoms with Crippen molar-refractivity contribution in [2.24, 2.45) is 5.73 Å². The maximum Gasteiger partial charge on any atom is 0.0314 e. The van der Waals surface area contributed by atoms with Crippen molar-refractivity contribution in [2.45, 2.75) is 18.9 Å². The Balaban J connectivity index is 1.81. The molecule has 0 aliphatic rings. The number of hydrogen-bond acceptors (Lipinski definition) is 2. The summed E-state index contributed by atoms with van der Waals surface area (Å²) >= 11 is 5.34. The van der Waals surface area contributed by atoms with E-state index < -0.39 is 0 Å². The Morgan fingerprint density at radius 2 is 1.80 bits per heavy atom. The van der Waals surface area contributed by atoms with Crippen molar-refractivity contribution in [2.75, 3.05) is 0 Å². The second-order valence-electron chi connectivity index (χ2n) is 5.00. The smallest absolute Gasteiger partial charge is 0.0314 e. The van der Waals surface area contributed by atoms with Crippen LogP contribution in [0.15, 0.2) is 58.4 Å². The molecule has 0 fully saturated rings. The van der Waals surface area contributed by atoms with Crippen LogP contribution in [-0.2, 0) is 12.8 Å². The normalized spacial score (nSPS) is 12.7. The van der Waals surface area contributed by atoms with Crippen LogP contribution in [0.25, 0.3) is 10.8 Å². The Bertz CT molecular complexity index is 714. The molecule has 0 spiro atoms. The van der Waals surface area contributed by atoms with Gasteiger partial charge in [0.1, 0.15) is 0 Å². The van der Waals surface area contributed by atoms with E-state index in [1.807, 2.05) is 0 Å². The fourth-order valence-corrected chi connectivity index (χ4v) is 4.14. The second-order valence-corrected chi connectivity index (χ2v) is 6.85. The molecule has 0 saturated carbocycles. The third-order valence-corrected chi connectivity index (χ3v) is 5.45. The molecule has 1 aromatic heterocycles. The van der Waals surface area contributed by atoms with Crippen LogP contribution in [0.2, 0.25) is 0 Å². The minimum Gasteiger partial charge on any atom is -0.327 e. The van der Waals surface area contributed by atoms with Crippen molar-refractivity contribution >= 4 is 38.0 Å². The lowest BCUT2D eigenvalue weighted by atomic mass is 9.97. The van der Waals surface area contributed by atoms with Gasteiger partial charge >= 0.3 is 0 Å². The molecule has 0 radical (unpaired) electrons. The second kappa shape index (κ2) is 6.08. The number of nitrogens with two attached hydrogens (primary N) is 1. The minimum absolute atomic E-state index is 0.149. The van der Waals surface area contributed by atoms with Crippen molar-refractivity contribution in [3.8, 4) is 0 Å². The van der Waals surface area contributed by atoms with Crippen molar-refractivity contribution in [3.05, 3.63) is 68.8 Å². The van der Waals surface area contributed by atoms with E-state index in [-0.39, 0.29) is 6.04 Å². The van der Waals surface area contributed by atoms with Gasteiger partial charge in [0.05, 0.1) is 0 Å². The zero-order valence-corrected chi connectivity index (χ0v) is 13.5. The summed E-state index contributed by atoms with van der Waals surface area (Å²) in [6, 6.07) is 17.2. The highest BCUT2D eigenvalue weighted by molar-refractivity contribution is 9.10. The molecule has 1 unspecified atom stereocenters. The first-order valence-corrected chi connectivity index (χ1v) is 8.35. The Kier molecular flexibility index (Phi) is 4.20.